The molecule has 3 aromatic rings. The van der Waals surface area contributed by atoms with Gasteiger partial charge in [-0.1, -0.05) is 17.3 Å². The topological polar surface area (TPSA) is 77.3 Å². The third-order valence-electron chi connectivity index (χ3n) is 4.18. The monoisotopic (exact) mass is 352 g/mol. The highest BCUT2D eigenvalue weighted by molar-refractivity contribution is 5.89. The predicted molar refractivity (Wildman–Crippen MR) is 99.2 cm³/mol. The molecule has 0 fully saturated rings. The average molecular weight is 352 g/mol. The lowest BCUT2D eigenvalue weighted by molar-refractivity contribution is 0.0336. The summed E-state index contributed by atoms with van der Waals surface area (Å²) in [7, 11) is 0. The number of carbonyl (C=O) groups excluding carboxylic acids is 1. The minimum Gasteiger partial charge on any atom is -0.439 e. The van der Waals surface area contributed by atoms with E-state index < -0.39 is 5.97 Å². The third-order valence-corrected chi connectivity index (χ3v) is 4.18. The predicted octanol–water partition coefficient (Wildman–Crippen LogP) is 2.45. The van der Waals surface area contributed by atoms with Crippen LogP contribution < -0.4 is 10.5 Å². The Bertz CT molecular complexity index is 962. The quantitative estimate of drug-likeness (QED) is 0.634. The molecule has 0 bridgehead atoms. The van der Waals surface area contributed by atoms with E-state index in [-0.39, 0.29) is 12.3 Å². The molecule has 1 heterocycles. The minimum atomic E-state index is -0.516. The Hall–Kier alpha value is -3.22. The number of anilines is 1. The average Bonchev–Trinajstić information content (AvgIpc) is 2.69. The van der Waals surface area contributed by atoms with Crippen molar-refractivity contribution in [3.63, 3.8) is 0 Å². The van der Waals surface area contributed by atoms with Crippen LogP contribution in [0.15, 0.2) is 53.3 Å². The molecule has 0 N–H and O–H groups in total. The number of benzene rings is 2. The maximum atomic E-state index is 12.3. The number of nitrogens with zero attached hydrogens (tertiary/aromatic N) is 4. The molecule has 0 saturated heterocycles. The zero-order chi connectivity index (χ0) is 18.5. The van der Waals surface area contributed by atoms with E-state index in [4.69, 9.17) is 4.74 Å². The summed E-state index contributed by atoms with van der Waals surface area (Å²) in [5.74, 6) is -0.516. The van der Waals surface area contributed by atoms with Crippen molar-refractivity contribution in [2.75, 3.05) is 18.0 Å². The third kappa shape index (κ3) is 3.56. The molecule has 0 aliphatic heterocycles. The molecule has 0 radical (unpaired) electrons. The molecule has 0 atom stereocenters. The molecular weight excluding hydrogens is 332 g/mol. The van der Waals surface area contributed by atoms with Crippen LogP contribution in [0.5, 0.6) is 0 Å². The first kappa shape index (κ1) is 17.6. The van der Waals surface area contributed by atoms with Crippen LogP contribution in [0.3, 0.4) is 0 Å². The smallest absolute Gasteiger partial charge is 0.339 e. The summed E-state index contributed by atoms with van der Waals surface area (Å²) in [5, 5.41) is 8.19. The van der Waals surface area contributed by atoms with Crippen LogP contribution >= 0.6 is 0 Å². The molecule has 26 heavy (non-hydrogen) atoms. The van der Waals surface area contributed by atoms with Gasteiger partial charge >= 0.3 is 5.97 Å². The molecular formula is C19H20N4O3. The molecule has 1 aromatic heterocycles. The van der Waals surface area contributed by atoms with Crippen molar-refractivity contribution in [3.05, 3.63) is 64.4 Å². The van der Waals surface area contributed by atoms with Crippen LogP contribution in [0.1, 0.15) is 24.2 Å². The van der Waals surface area contributed by atoms with Gasteiger partial charge in [-0.15, -0.1) is 5.10 Å². The van der Waals surface area contributed by atoms with E-state index in [9.17, 15) is 9.59 Å². The largest absolute Gasteiger partial charge is 0.439 e. The van der Waals surface area contributed by atoms with Crippen LogP contribution in [0, 0.1) is 0 Å². The van der Waals surface area contributed by atoms with Crippen LogP contribution in [0.25, 0.3) is 10.9 Å². The van der Waals surface area contributed by atoms with Crippen molar-refractivity contribution >= 4 is 22.6 Å². The van der Waals surface area contributed by atoms with E-state index in [0.717, 1.165) is 23.5 Å². The molecule has 2 aromatic carbocycles. The highest BCUT2D eigenvalue weighted by Gasteiger charge is 2.11. The Balaban J connectivity index is 1.71. The first-order valence-corrected chi connectivity index (χ1v) is 8.48. The SMILES string of the molecule is CCN(CC)c1ccc(C(=O)OCn2nnc3ccccc3c2=O)cc1. The summed E-state index contributed by atoms with van der Waals surface area (Å²) in [6, 6.07) is 14.1. The molecule has 0 unspecified atom stereocenters. The van der Waals surface area contributed by atoms with Gasteiger partial charge in [0.15, 0.2) is 6.73 Å². The first-order valence-electron chi connectivity index (χ1n) is 8.48. The van der Waals surface area contributed by atoms with Crippen LogP contribution in [0.2, 0.25) is 0 Å². The lowest BCUT2D eigenvalue weighted by Gasteiger charge is -2.20. The van der Waals surface area contributed by atoms with Crippen molar-refractivity contribution in [1.82, 2.24) is 15.0 Å². The Morgan fingerprint density at radius 3 is 2.46 bits per heavy atom. The number of rotatable bonds is 6. The van der Waals surface area contributed by atoms with Crippen molar-refractivity contribution in [3.8, 4) is 0 Å². The fourth-order valence-electron chi connectivity index (χ4n) is 2.71. The highest BCUT2D eigenvalue weighted by Crippen LogP contribution is 2.15. The van der Waals surface area contributed by atoms with Crippen LogP contribution in [-0.4, -0.2) is 34.1 Å². The van der Waals surface area contributed by atoms with E-state index in [2.05, 4.69) is 29.1 Å². The second-order valence-corrected chi connectivity index (χ2v) is 5.69. The van der Waals surface area contributed by atoms with Gasteiger partial charge in [0.1, 0.15) is 5.52 Å². The molecule has 0 aliphatic carbocycles. The minimum absolute atomic E-state index is 0.284. The number of carbonyl (C=O) groups is 1. The van der Waals surface area contributed by atoms with E-state index in [1.165, 1.54) is 0 Å². The molecule has 7 nitrogen and oxygen atoms in total. The summed E-state index contributed by atoms with van der Waals surface area (Å²) in [4.78, 5) is 26.7. The van der Waals surface area contributed by atoms with Gasteiger partial charge in [0.05, 0.1) is 10.9 Å². The number of aromatic nitrogens is 3. The molecule has 7 heteroatoms. The lowest BCUT2D eigenvalue weighted by atomic mass is 10.2. The van der Waals surface area contributed by atoms with Gasteiger partial charge in [0.2, 0.25) is 0 Å². The number of fused-ring (bicyclic) bond motifs is 1. The Kier molecular flexibility index (Phi) is 5.26. The van der Waals surface area contributed by atoms with Crippen molar-refractivity contribution in [2.24, 2.45) is 0 Å². The Morgan fingerprint density at radius 2 is 1.77 bits per heavy atom. The summed E-state index contributed by atoms with van der Waals surface area (Å²) < 4.78 is 6.24. The van der Waals surface area contributed by atoms with E-state index in [0.29, 0.717) is 16.5 Å². The number of ether oxygens (including phenoxy) is 1. The fourth-order valence-corrected chi connectivity index (χ4v) is 2.71. The van der Waals surface area contributed by atoms with Gasteiger partial charge < -0.3 is 9.64 Å². The van der Waals surface area contributed by atoms with Gasteiger partial charge in [0, 0.05) is 18.8 Å². The standard InChI is InChI=1S/C19H20N4O3/c1-3-22(4-2)15-11-9-14(10-12-15)19(25)26-13-23-18(24)16-7-5-6-8-17(16)20-21-23/h5-12H,3-4,13H2,1-2H3. The number of esters is 1. The summed E-state index contributed by atoms with van der Waals surface area (Å²) >= 11 is 0. The van der Waals surface area contributed by atoms with E-state index in [1.54, 1.807) is 36.4 Å². The zero-order valence-corrected chi connectivity index (χ0v) is 14.8. The second kappa shape index (κ2) is 7.77. The van der Waals surface area contributed by atoms with Gasteiger partial charge in [0.25, 0.3) is 5.56 Å². The van der Waals surface area contributed by atoms with Gasteiger partial charge in [-0.25, -0.2) is 4.79 Å². The van der Waals surface area contributed by atoms with E-state index in [1.807, 2.05) is 12.1 Å². The molecule has 0 spiro atoms. The summed E-state index contributed by atoms with van der Waals surface area (Å²) in [6.45, 7) is 5.66. The fraction of sp³-hybridized carbons (Fsp3) is 0.263. The molecule has 0 amide bonds. The second-order valence-electron chi connectivity index (χ2n) is 5.69. The number of hydrogen-bond acceptors (Lipinski definition) is 6. The summed E-state index contributed by atoms with van der Waals surface area (Å²) in [6.07, 6.45) is 0. The van der Waals surface area contributed by atoms with Gasteiger partial charge in [-0.05, 0) is 50.2 Å². The highest BCUT2D eigenvalue weighted by atomic mass is 16.5. The van der Waals surface area contributed by atoms with Gasteiger partial charge in [-0.3, -0.25) is 4.79 Å². The van der Waals surface area contributed by atoms with Crippen LogP contribution in [0.4, 0.5) is 5.69 Å². The van der Waals surface area contributed by atoms with Crippen molar-refractivity contribution < 1.29 is 9.53 Å². The first-order chi connectivity index (χ1) is 12.6. The maximum absolute atomic E-state index is 12.3. The normalized spacial score (nSPS) is 10.7. The molecule has 3 rings (SSSR count). The molecule has 0 saturated carbocycles. The Morgan fingerprint density at radius 1 is 1.08 bits per heavy atom. The van der Waals surface area contributed by atoms with Gasteiger partial charge in [-0.2, -0.15) is 4.68 Å². The Labute approximate surface area is 150 Å². The zero-order valence-electron chi connectivity index (χ0n) is 14.8. The van der Waals surface area contributed by atoms with Crippen molar-refractivity contribution in [2.45, 2.75) is 20.6 Å². The molecule has 134 valence electrons. The molecule has 0 aliphatic rings. The number of hydrogen-bond donors (Lipinski definition) is 0. The maximum Gasteiger partial charge on any atom is 0.339 e. The van der Waals surface area contributed by atoms with E-state index >= 15 is 0 Å². The van der Waals surface area contributed by atoms with Crippen molar-refractivity contribution in [1.29, 1.82) is 0 Å². The summed E-state index contributed by atoms with van der Waals surface area (Å²) in [5.41, 5.74) is 1.62. The van der Waals surface area contributed by atoms with Crippen LogP contribution in [-0.2, 0) is 11.5 Å². The lowest BCUT2D eigenvalue weighted by Crippen LogP contribution is -2.26.